The van der Waals surface area contributed by atoms with Crippen LogP contribution in [0.5, 0.6) is 0 Å². The predicted molar refractivity (Wildman–Crippen MR) is 60.9 cm³/mol. The molecule has 0 radical (unpaired) electrons. The van der Waals surface area contributed by atoms with Crippen molar-refractivity contribution in [2.45, 2.75) is 39.7 Å². The third-order valence-corrected chi connectivity index (χ3v) is 2.49. The molecule has 0 amide bonds. The lowest BCUT2D eigenvalue weighted by molar-refractivity contribution is 0.0312. The number of hydrogen-bond acceptors (Lipinski definition) is 2. The zero-order valence-corrected chi connectivity index (χ0v) is 10.2. The van der Waals surface area contributed by atoms with Crippen molar-refractivity contribution in [3.8, 4) is 0 Å². The average molecular weight is 242 g/mol. The molecule has 94 valence electrons. The van der Waals surface area contributed by atoms with E-state index < -0.39 is 23.2 Å². The van der Waals surface area contributed by atoms with Gasteiger partial charge in [-0.3, -0.25) is 0 Å². The first kappa shape index (κ1) is 13.6. The van der Waals surface area contributed by atoms with Crippen LogP contribution in [0.3, 0.4) is 0 Å². The highest BCUT2D eigenvalue weighted by atomic mass is 19.1. The maximum atomic E-state index is 13.6. The maximum Gasteiger partial charge on any atom is 0.344 e. The summed E-state index contributed by atoms with van der Waals surface area (Å²) in [4.78, 5) is 11.6. The molecule has 4 heteroatoms. The Labute approximate surface area is 99.6 Å². The molecule has 1 atom stereocenters. The van der Waals surface area contributed by atoms with E-state index in [1.54, 1.807) is 6.92 Å². The molecule has 2 nitrogen and oxygen atoms in total. The minimum Gasteiger partial charge on any atom is -0.459 e. The fourth-order valence-corrected chi connectivity index (χ4v) is 1.55. The second-order valence-electron chi connectivity index (χ2n) is 4.06. The van der Waals surface area contributed by atoms with Gasteiger partial charge < -0.3 is 4.74 Å². The molecular weight excluding hydrogens is 226 g/mol. The zero-order chi connectivity index (χ0) is 13.0. The molecule has 0 saturated carbocycles. The Morgan fingerprint density at radius 3 is 2.65 bits per heavy atom. The highest BCUT2D eigenvalue weighted by Gasteiger charge is 2.21. The van der Waals surface area contributed by atoms with Gasteiger partial charge in [-0.2, -0.15) is 0 Å². The Morgan fingerprint density at radius 1 is 1.41 bits per heavy atom. The van der Waals surface area contributed by atoms with Gasteiger partial charge in [-0.25, -0.2) is 13.6 Å². The molecule has 1 unspecified atom stereocenters. The highest BCUT2D eigenvalue weighted by molar-refractivity contribution is 5.90. The molecule has 0 saturated heterocycles. The molecule has 0 fully saturated rings. The Balaban J connectivity index is 2.93. The largest absolute Gasteiger partial charge is 0.459 e. The van der Waals surface area contributed by atoms with Crippen molar-refractivity contribution < 1.29 is 18.3 Å². The van der Waals surface area contributed by atoms with Crippen LogP contribution in [0.15, 0.2) is 12.1 Å². The van der Waals surface area contributed by atoms with Crippen molar-refractivity contribution >= 4 is 5.97 Å². The summed E-state index contributed by atoms with van der Waals surface area (Å²) in [5.74, 6) is -2.68. The van der Waals surface area contributed by atoms with Crippen LogP contribution in [0.25, 0.3) is 0 Å². The normalized spacial score (nSPS) is 12.3. The topological polar surface area (TPSA) is 26.3 Å². The number of benzene rings is 1. The first-order valence-corrected chi connectivity index (χ1v) is 5.63. The van der Waals surface area contributed by atoms with Crippen molar-refractivity contribution in [2.75, 3.05) is 0 Å². The molecule has 0 aliphatic carbocycles. The summed E-state index contributed by atoms with van der Waals surface area (Å²) < 4.78 is 32.0. The third kappa shape index (κ3) is 3.25. The van der Waals surface area contributed by atoms with E-state index in [-0.39, 0.29) is 11.7 Å². The second kappa shape index (κ2) is 5.75. The lowest BCUT2D eigenvalue weighted by atomic mass is 10.1. The molecule has 0 heterocycles. The van der Waals surface area contributed by atoms with Crippen molar-refractivity contribution in [3.05, 3.63) is 34.9 Å². The Morgan fingerprint density at radius 2 is 2.06 bits per heavy atom. The van der Waals surface area contributed by atoms with Gasteiger partial charge in [0.2, 0.25) is 0 Å². The smallest absolute Gasteiger partial charge is 0.344 e. The summed E-state index contributed by atoms with van der Waals surface area (Å²) in [6, 6.07) is 2.36. The van der Waals surface area contributed by atoms with Gasteiger partial charge in [-0.05, 0) is 31.9 Å². The van der Waals surface area contributed by atoms with Gasteiger partial charge in [0.05, 0.1) is 6.10 Å². The first-order chi connectivity index (χ1) is 7.97. The van der Waals surface area contributed by atoms with Gasteiger partial charge in [0.15, 0.2) is 0 Å². The molecule has 1 aromatic carbocycles. The van der Waals surface area contributed by atoms with E-state index in [1.807, 2.05) is 6.92 Å². The number of carbonyl (C=O) groups excluding carboxylic acids is 1. The SMILES string of the molecule is CCCC(C)OC(=O)c1c(F)ccc(C)c1F. The standard InChI is InChI=1S/C13H16F2O2/c1-4-5-9(3)17-13(16)11-10(14)7-6-8(2)12(11)15/h6-7,9H,4-5H2,1-3H3. The van der Waals surface area contributed by atoms with Crippen LogP contribution in [0.1, 0.15) is 42.6 Å². The van der Waals surface area contributed by atoms with Crippen LogP contribution in [0, 0.1) is 18.6 Å². The molecule has 0 N–H and O–H groups in total. The molecule has 17 heavy (non-hydrogen) atoms. The van der Waals surface area contributed by atoms with E-state index in [0.717, 1.165) is 12.5 Å². The summed E-state index contributed by atoms with van der Waals surface area (Å²) in [7, 11) is 0. The fourth-order valence-electron chi connectivity index (χ4n) is 1.55. The molecule has 0 spiro atoms. The quantitative estimate of drug-likeness (QED) is 0.754. The van der Waals surface area contributed by atoms with E-state index >= 15 is 0 Å². The highest BCUT2D eigenvalue weighted by Crippen LogP contribution is 2.18. The predicted octanol–water partition coefficient (Wildman–Crippen LogP) is 3.62. The number of hydrogen-bond donors (Lipinski definition) is 0. The summed E-state index contributed by atoms with van der Waals surface area (Å²) in [6.07, 6.45) is 1.17. The van der Waals surface area contributed by atoms with Crippen LogP contribution < -0.4 is 0 Å². The van der Waals surface area contributed by atoms with Gasteiger partial charge >= 0.3 is 5.97 Å². The van der Waals surface area contributed by atoms with Gasteiger partial charge in [0.25, 0.3) is 0 Å². The minimum atomic E-state index is -0.940. The van der Waals surface area contributed by atoms with Crippen LogP contribution in [0.4, 0.5) is 8.78 Å². The Bertz CT molecular complexity index is 416. The molecule has 1 aromatic rings. The van der Waals surface area contributed by atoms with E-state index in [0.29, 0.717) is 6.42 Å². The molecule has 0 aliphatic heterocycles. The van der Waals surface area contributed by atoms with Crippen LogP contribution in [0.2, 0.25) is 0 Å². The van der Waals surface area contributed by atoms with Crippen molar-refractivity contribution in [1.82, 2.24) is 0 Å². The van der Waals surface area contributed by atoms with E-state index in [1.165, 1.54) is 13.0 Å². The Kier molecular flexibility index (Phi) is 4.61. The third-order valence-electron chi connectivity index (χ3n) is 2.49. The zero-order valence-electron chi connectivity index (χ0n) is 10.2. The summed E-state index contributed by atoms with van der Waals surface area (Å²) in [5, 5.41) is 0. The number of carbonyl (C=O) groups is 1. The van der Waals surface area contributed by atoms with Gasteiger partial charge in [-0.15, -0.1) is 0 Å². The van der Waals surface area contributed by atoms with Crippen molar-refractivity contribution in [2.24, 2.45) is 0 Å². The monoisotopic (exact) mass is 242 g/mol. The van der Waals surface area contributed by atoms with Gasteiger partial charge in [-0.1, -0.05) is 19.4 Å². The van der Waals surface area contributed by atoms with E-state index in [2.05, 4.69) is 0 Å². The number of esters is 1. The van der Waals surface area contributed by atoms with Crippen LogP contribution >= 0.6 is 0 Å². The summed E-state index contributed by atoms with van der Waals surface area (Å²) in [5.41, 5.74) is -0.380. The molecule has 1 rings (SSSR count). The summed E-state index contributed by atoms with van der Waals surface area (Å²) in [6.45, 7) is 5.12. The van der Waals surface area contributed by atoms with E-state index in [4.69, 9.17) is 4.74 Å². The maximum absolute atomic E-state index is 13.6. The van der Waals surface area contributed by atoms with Gasteiger partial charge in [0, 0.05) is 0 Å². The number of rotatable bonds is 4. The number of halogens is 2. The Hall–Kier alpha value is -1.45. The lowest BCUT2D eigenvalue weighted by Crippen LogP contribution is -2.17. The average Bonchev–Trinajstić information content (AvgIpc) is 2.24. The molecule has 0 bridgehead atoms. The van der Waals surface area contributed by atoms with Crippen LogP contribution in [-0.2, 0) is 4.74 Å². The minimum absolute atomic E-state index is 0.224. The van der Waals surface area contributed by atoms with Crippen molar-refractivity contribution in [3.63, 3.8) is 0 Å². The molecule has 0 aromatic heterocycles. The molecular formula is C13H16F2O2. The van der Waals surface area contributed by atoms with E-state index in [9.17, 15) is 13.6 Å². The number of ether oxygens (including phenoxy) is 1. The van der Waals surface area contributed by atoms with Crippen LogP contribution in [-0.4, -0.2) is 12.1 Å². The molecule has 0 aliphatic rings. The lowest BCUT2D eigenvalue weighted by Gasteiger charge is -2.13. The second-order valence-corrected chi connectivity index (χ2v) is 4.06. The summed E-state index contributed by atoms with van der Waals surface area (Å²) >= 11 is 0. The number of aryl methyl sites for hydroxylation is 1. The van der Waals surface area contributed by atoms with Crippen molar-refractivity contribution in [1.29, 1.82) is 0 Å². The van der Waals surface area contributed by atoms with Gasteiger partial charge in [0.1, 0.15) is 17.2 Å². The fraction of sp³-hybridized carbons (Fsp3) is 0.462. The first-order valence-electron chi connectivity index (χ1n) is 5.63.